The predicted molar refractivity (Wildman–Crippen MR) is 66.8 cm³/mol. The molecule has 1 aromatic heterocycles. The number of amides is 1. The molecule has 1 amide bonds. The van der Waals surface area contributed by atoms with Crippen molar-refractivity contribution < 1.29 is 14.6 Å². The minimum Gasteiger partial charge on any atom is -0.504 e. The van der Waals surface area contributed by atoms with Crippen molar-refractivity contribution in [3.05, 3.63) is 48.3 Å². The zero-order valence-electron chi connectivity index (χ0n) is 9.75. The van der Waals surface area contributed by atoms with Crippen LogP contribution in [0.15, 0.2) is 42.7 Å². The van der Waals surface area contributed by atoms with Gasteiger partial charge in [0.05, 0.1) is 7.11 Å². The normalized spacial score (nSPS) is 9.83. The zero-order chi connectivity index (χ0) is 13.0. The number of rotatable bonds is 3. The van der Waals surface area contributed by atoms with Gasteiger partial charge in [0.1, 0.15) is 0 Å². The lowest BCUT2D eigenvalue weighted by molar-refractivity contribution is 0.102. The van der Waals surface area contributed by atoms with Gasteiger partial charge in [0.25, 0.3) is 5.91 Å². The largest absolute Gasteiger partial charge is 0.504 e. The number of benzene rings is 1. The number of pyridine rings is 1. The van der Waals surface area contributed by atoms with Gasteiger partial charge in [0.2, 0.25) is 0 Å². The number of anilines is 1. The van der Waals surface area contributed by atoms with Crippen molar-refractivity contribution in [1.82, 2.24) is 4.98 Å². The molecule has 0 aliphatic rings. The average molecular weight is 244 g/mol. The van der Waals surface area contributed by atoms with Crippen LogP contribution in [0.1, 0.15) is 10.4 Å². The van der Waals surface area contributed by atoms with Gasteiger partial charge in [-0.25, -0.2) is 0 Å². The van der Waals surface area contributed by atoms with E-state index in [0.717, 1.165) is 0 Å². The molecule has 5 nitrogen and oxygen atoms in total. The lowest BCUT2D eigenvalue weighted by Crippen LogP contribution is -2.11. The van der Waals surface area contributed by atoms with Crippen molar-refractivity contribution >= 4 is 11.6 Å². The lowest BCUT2D eigenvalue weighted by atomic mass is 10.2. The summed E-state index contributed by atoms with van der Waals surface area (Å²) in [5.74, 6) is -0.0468. The van der Waals surface area contributed by atoms with Crippen molar-refractivity contribution in [2.24, 2.45) is 0 Å². The second-order valence-corrected chi connectivity index (χ2v) is 3.58. The highest BCUT2D eigenvalue weighted by Crippen LogP contribution is 2.26. The van der Waals surface area contributed by atoms with E-state index in [9.17, 15) is 9.90 Å². The maximum atomic E-state index is 11.9. The van der Waals surface area contributed by atoms with Gasteiger partial charge in [-0.15, -0.1) is 0 Å². The lowest BCUT2D eigenvalue weighted by Gasteiger charge is -2.07. The van der Waals surface area contributed by atoms with Crippen LogP contribution in [0.3, 0.4) is 0 Å². The van der Waals surface area contributed by atoms with Crippen LogP contribution >= 0.6 is 0 Å². The van der Waals surface area contributed by atoms with Crippen molar-refractivity contribution in [1.29, 1.82) is 0 Å². The first kappa shape index (κ1) is 11.9. The summed E-state index contributed by atoms with van der Waals surface area (Å²) >= 11 is 0. The maximum absolute atomic E-state index is 11.9. The van der Waals surface area contributed by atoms with Crippen LogP contribution in [-0.4, -0.2) is 23.1 Å². The molecule has 2 aromatic rings. The Morgan fingerprint density at radius 1 is 1.28 bits per heavy atom. The van der Waals surface area contributed by atoms with E-state index < -0.39 is 0 Å². The SMILES string of the molecule is COc1ccc(C(=O)Nc2ccncc2)cc1O. The number of carbonyl (C=O) groups is 1. The highest BCUT2D eigenvalue weighted by atomic mass is 16.5. The molecular formula is C13H12N2O3. The van der Waals surface area contributed by atoms with Gasteiger partial charge in [-0.3, -0.25) is 9.78 Å². The van der Waals surface area contributed by atoms with Crippen LogP contribution in [0.25, 0.3) is 0 Å². The molecule has 0 radical (unpaired) electrons. The summed E-state index contributed by atoms with van der Waals surface area (Å²) in [5, 5.41) is 12.3. The van der Waals surface area contributed by atoms with E-state index in [-0.39, 0.29) is 11.7 Å². The van der Waals surface area contributed by atoms with E-state index in [1.54, 1.807) is 30.6 Å². The molecule has 2 N–H and O–H groups in total. The highest BCUT2D eigenvalue weighted by molar-refractivity contribution is 6.04. The fourth-order valence-corrected chi connectivity index (χ4v) is 1.47. The summed E-state index contributed by atoms with van der Waals surface area (Å²) in [6, 6.07) is 7.84. The molecule has 92 valence electrons. The first-order valence-electron chi connectivity index (χ1n) is 5.29. The third-order valence-corrected chi connectivity index (χ3v) is 2.38. The van der Waals surface area contributed by atoms with Crippen LogP contribution in [0.5, 0.6) is 11.5 Å². The number of carbonyl (C=O) groups excluding carboxylic acids is 1. The minimum absolute atomic E-state index is 0.0696. The Morgan fingerprint density at radius 2 is 2.00 bits per heavy atom. The van der Waals surface area contributed by atoms with Crippen LogP contribution in [-0.2, 0) is 0 Å². The Bertz CT molecular complexity index is 555. The highest BCUT2D eigenvalue weighted by Gasteiger charge is 2.09. The van der Waals surface area contributed by atoms with Crippen LogP contribution < -0.4 is 10.1 Å². The van der Waals surface area contributed by atoms with Crippen LogP contribution in [0.2, 0.25) is 0 Å². The number of aromatic nitrogens is 1. The standard InChI is InChI=1S/C13H12N2O3/c1-18-12-3-2-9(8-11(12)16)13(17)15-10-4-6-14-7-5-10/h2-8,16H,1H3,(H,14,15,17). The molecule has 2 rings (SSSR count). The number of aromatic hydroxyl groups is 1. The molecule has 1 heterocycles. The second-order valence-electron chi connectivity index (χ2n) is 3.58. The van der Waals surface area contributed by atoms with Gasteiger partial charge in [-0.2, -0.15) is 0 Å². The van der Waals surface area contributed by atoms with Crippen LogP contribution in [0, 0.1) is 0 Å². The smallest absolute Gasteiger partial charge is 0.255 e. The minimum atomic E-state index is -0.306. The predicted octanol–water partition coefficient (Wildman–Crippen LogP) is 2.05. The summed E-state index contributed by atoms with van der Waals surface area (Å²) < 4.78 is 4.91. The number of nitrogens with zero attached hydrogens (tertiary/aromatic N) is 1. The number of nitrogens with one attached hydrogen (secondary N) is 1. The first-order chi connectivity index (χ1) is 8.70. The molecular weight excluding hydrogens is 232 g/mol. The first-order valence-corrected chi connectivity index (χ1v) is 5.29. The molecule has 0 aliphatic carbocycles. The van der Waals surface area contributed by atoms with E-state index in [4.69, 9.17) is 4.74 Å². The average Bonchev–Trinajstić information content (AvgIpc) is 2.39. The second kappa shape index (κ2) is 5.18. The number of phenolic OH excluding ortho intramolecular Hbond substituents is 1. The molecule has 1 aromatic carbocycles. The van der Waals surface area contributed by atoms with Gasteiger partial charge in [-0.1, -0.05) is 0 Å². The Hall–Kier alpha value is -2.56. The molecule has 5 heteroatoms. The number of hydrogen-bond donors (Lipinski definition) is 2. The Morgan fingerprint density at radius 3 is 2.61 bits per heavy atom. The molecule has 0 unspecified atom stereocenters. The fraction of sp³-hybridized carbons (Fsp3) is 0.0769. The number of ether oxygens (including phenoxy) is 1. The third-order valence-electron chi connectivity index (χ3n) is 2.38. The van der Waals surface area contributed by atoms with E-state index in [1.807, 2.05) is 0 Å². The fourth-order valence-electron chi connectivity index (χ4n) is 1.47. The van der Waals surface area contributed by atoms with Gasteiger partial charge in [-0.05, 0) is 30.3 Å². The molecule has 0 spiro atoms. The summed E-state index contributed by atoms with van der Waals surface area (Å²) in [7, 11) is 1.45. The van der Waals surface area contributed by atoms with E-state index >= 15 is 0 Å². The van der Waals surface area contributed by atoms with Crippen molar-refractivity contribution in [3.8, 4) is 11.5 Å². The molecule has 0 saturated carbocycles. The van der Waals surface area contributed by atoms with Gasteiger partial charge < -0.3 is 15.2 Å². The van der Waals surface area contributed by atoms with E-state index in [0.29, 0.717) is 17.0 Å². The summed E-state index contributed by atoms with van der Waals surface area (Å²) in [5.41, 5.74) is 0.996. The quantitative estimate of drug-likeness (QED) is 0.866. The molecule has 0 bridgehead atoms. The van der Waals surface area contributed by atoms with E-state index in [2.05, 4.69) is 10.3 Å². The van der Waals surface area contributed by atoms with Crippen molar-refractivity contribution in [3.63, 3.8) is 0 Å². The molecule has 0 atom stereocenters. The number of methoxy groups -OCH3 is 1. The van der Waals surface area contributed by atoms with Crippen molar-refractivity contribution in [2.45, 2.75) is 0 Å². The van der Waals surface area contributed by atoms with E-state index in [1.165, 1.54) is 19.2 Å². The maximum Gasteiger partial charge on any atom is 0.255 e. The Kier molecular flexibility index (Phi) is 3.43. The van der Waals surface area contributed by atoms with Crippen molar-refractivity contribution in [2.75, 3.05) is 12.4 Å². The Balaban J connectivity index is 2.17. The topological polar surface area (TPSA) is 71.5 Å². The number of hydrogen-bond acceptors (Lipinski definition) is 4. The molecule has 0 aliphatic heterocycles. The summed E-state index contributed by atoms with van der Waals surface area (Å²) in [6.45, 7) is 0. The van der Waals surface area contributed by atoms with Gasteiger partial charge >= 0.3 is 0 Å². The molecule has 0 fully saturated rings. The zero-order valence-corrected chi connectivity index (χ0v) is 9.75. The summed E-state index contributed by atoms with van der Waals surface area (Å²) in [4.78, 5) is 15.7. The summed E-state index contributed by atoms with van der Waals surface area (Å²) in [6.07, 6.45) is 3.17. The monoisotopic (exact) mass is 244 g/mol. The van der Waals surface area contributed by atoms with Gasteiger partial charge in [0, 0.05) is 23.6 Å². The van der Waals surface area contributed by atoms with Crippen LogP contribution in [0.4, 0.5) is 5.69 Å². The van der Waals surface area contributed by atoms with Gasteiger partial charge in [0.15, 0.2) is 11.5 Å². The number of phenols is 1. The Labute approximate surface area is 104 Å². The molecule has 18 heavy (non-hydrogen) atoms. The third kappa shape index (κ3) is 2.57. The molecule has 0 saturated heterocycles.